The average molecular weight is 485 g/mol. The summed E-state index contributed by atoms with van der Waals surface area (Å²) in [6.07, 6.45) is -0.737. The van der Waals surface area contributed by atoms with Crippen molar-refractivity contribution >= 4 is 23.9 Å². The highest BCUT2D eigenvalue weighted by Gasteiger charge is 2.36. The van der Waals surface area contributed by atoms with Crippen LogP contribution >= 0.6 is 0 Å². The molecule has 3 amide bonds. The molecule has 2 aliphatic rings. The molecule has 0 unspecified atom stereocenters. The lowest BCUT2D eigenvalue weighted by Gasteiger charge is -2.21. The molecular weight excluding hydrogens is 460 g/mol. The summed E-state index contributed by atoms with van der Waals surface area (Å²) >= 11 is 0. The molecule has 1 saturated heterocycles. The van der Waals surface area contributed by atoms with Crippen molar-refractivity contribution in [1.29, 1.82) is 0 Å². The van der Waals surface area contributed by atoms with Gasteiger partial charge in [0.2, 0.25) is 0 Å². The van der Waals surface area contributed by atoms with Crippen molar-refractivity contribution in [3.05, 3.63) is 95.6 Å². The maximum atomic E-state index is 12.9. The van der Waals surface area contributed by atoms with Crippen LogP contribution in [0.2, 0.25) is 0 Å². The Morgan fingerprint density at radius 3 is 2.00 bits per heavy atom. The zero-order chi connectivity index (χ0) is 25.1. The molecule has 3 aromatic rings. The smallest absolute Gasteiger partial charge is 0.407 e. The van der Waals surface area contributed by atoms with Crippen molar-refractivity contribution in [2.75, 3.05) is 6.61 Å². The van der Waals surface area contributed by atoms with Gasteiger partial charge in [-0.1, -0.05) is 78.9 Å². The first kappa shape index (κ1) is 23.3. The van der Waals surface area contributed by atoms with Crippen LogP contribution in [0, 0.1) is 0 Å². The van der Waals surface area contributed by atoms with Crippen LogP contribution in [0.4, 0.5) is 4.79 Å². The van der Waals surface area contributed by atoms with Gasteiger partial charge in [0.15, 0.2) is 0 Å². The molecule has 3 aromatic carbocycles. The Balaban J connectivity index is 1.28. The number of alkyl carbamates (subject to hydrolysis) is 1. The number of carbonyl (C=O) groups is 4. The van der Waals surface area contributed by atoms with E-state index in [4.69, 9.17) is 9.57 Å². The zero-order valence-corrected chi connectivity index (χ0v) is 19.4. The van der Waals surface area contributed by atoms with E-state index in [1.807, 2.05) is 54.6 Å². The van der Waals surface area contributed by atoms with E-state index in [9.17, 15) is 19.2 Å². The summed E-state index contributed by atoms with van der Waals surface area (Å²) in [5.74, 6) is -2.24. The molecule has 0 bridgehead atoms. The van der Waals surface area contributed by atoms with Gasteiger partial charge in [-0.2, -0.15) is 0 Å². The summed E-state index contributed by atoms with van der Waals surface area (Å²) in [4.78, 5) is 54.5. The minimum absolute atomic E-state index is 0.0186. The van der Waals surface area contributed by atoms with Crippen molar-refractivity contribution in [3.63, 3.8) is 0 Å². The van der Waals surface area contributed by atoms with Gasteiger partial charge in [-0.15, -0.1) is 5.06 Å². The lowest BCUT2D eigenvalue weighted by Crippen LogP contribution is -2.46. The summed E-state index contributed by atoms with van der Waals surface area (Å²) < 4.78 is 5.56. The third kappa shape index (κ3) is 4.70. The van der Waals surface area contributed by atoms with Gasteiger partial charge in [0.05, 0.1) is 0 Å². The molecule has 0 aromatic heterocycles. The SMILES string of the molecule is O=C(N[C@@H](Cc1ccccc1)C(=O)ON1C(=O)CCC1=O)OCC1c2ccccc2-c2ccccc21. The van der Waals surface area contributed by atoms with E-state index in [0.717, 1.165) is 27.8 Å². The molecule has 8 nitrogen and oxygen atoms in total. The molecular formula is C28H24N2O6. The van der Waals surface area contributed by atoms with Crippen molar-refractivity contribution in [1.82, 2.24) is 10.4 Å². The molecule has 8 heteroatoms. The first-order valence-electron chi connectivity index (χ1n) is 11.7. The van der Waals surface area contributed by atoms with Gasteiger partial charge in [0, 0.05) is 25.2 Å². The quantitative estimate of drug-likeness (QED) is 0.513. The Labute approximate surface area is 207 Å². The predicted molar refractivity (Wildman–Crippen MR) is 129 cm³/mol. The maximum Gasteiger partial charge on any atom is 0.407 e. The number of benzene rings is 3. The van der Waals surface area contributed by atoms with Crippen LogP contribution in [0.5, 0.6) is 0 Å². The summed E-state index contributed by atoms with van der Waals surface area (Å²) in [5, 5.41) is 3.03. The molecule has 1 fully saturated rings. The highest BCUT2D eigenvalue weighted by atomic mass is 16.7. The third-order valence-electron chi connectivity index (χ3n) is 6.39. The summed E-state index contributed by atoms with van der Waals surface area (Å²) in [5.41, 5.74) is 5.10. The second-order valence-corrected chi connectivity index (χ2v) is 8.70. The number of fused-ring (bicyclic) bond motifs is 3. The van der Waals surface area contributed by atoms with Gasteiger partial charge in [-0.05, 0) is 27.8 Å². The topological polar surface area (TPSA) is 102 Å². The van der Waals surface area contributed by atoms with Crippen molar-refractivity contribution < 1.29 is 28.8 Å². The average Bonchev–Trinajstić information content (AvgIpc) is 3.39. The molecule has 1 aliphatic carbocycles. The van der Waals surface area contributed by atoms with E-state index in [2.05, 4.69) is 5.32 Å². The van der Waals surface area contributed by atoms with Gasteiger partial charge in [0.1, 0.15) is 12.6 Å². The molecule has 1 N–H and O–H groups in total. The van der Waals surface area contributed by atoms with Crippen LogP contribution in [-0.4, -0.2) is 41.6 Å². The highest BCUT2D eigenvalue weighted by molar-refractivity contribution is 6.02. The molecule has 36 heavy (non-hydrogen) atoms. The number of ether oxygens (including phenoxy) is 1. The number of nitrogens with one attached hydrogen (secondary N) is 1. The number of hydrogen-bond donors (Lipinski definition) is 1. The van der Waals surface area contributed by atoms with Crippen LogP contribution in [0.3, 0.4) is 0 Å². The summed E-state index contributed by atoms with van der Waals surface area (Å²) in [6, 6.07) is 23.8. The lowest BCUT2D eigenvalue weighted by molar-refractivity contribution is -0.198. The molecule has 182 valence electrons. The maximum absolute atomic E-state index is 12.9. The van der Waals surface area contributed by atoms with Gasteiger partial charge in [0.25, 0.3) is 11.8 Å². The number of amides is 3. The minimum atomic E-state index is -1.16. The van der Waals surface area contributed by atoms with E-state index >= 15 is 0 Å². The number of imide groups is 1. The first-order valence-corrected chi connectivity index (χ1v) is 11.7. The van der Waals surface area contributed by atoms with Crippen LogP contribution < -0.4 is 5.32 Å². The van der Waals surface area contributed by atoms with E-state index in [1.54, 1.807) is 24.3 Å². The molecule has 1 aliphatic heterocycles. The third-order valence-corrected chi connectivity index (χ3v) is 6.39. The molecule has 0 radical (unpaired) electrons. The number of hydrogen-bond acceptors (Lipinski definition) is 6. The summed E-state index contributed by atoms with van der Waals surface area (Å²) in [7, 11) is 0. The predicted octanol–water partition coefficient (Wildman–Crippen LogP) is 3.74. The van der Waals surface area contributed by atoms with Crippen molar-refractivity contribution in [3.8, 4) is 11.1 Å². The monoisotopic (exact) mass is 484 g/mol. The molecule has 1 atom stereocenters. The zero-order valence-electron chi connectivity index (χ0n) is 19.4. The van der Waals surface area contributed by atoms with Gasteiger partial charge in [-0.3, -0.25) is 9.59 Å². The van der Waals surface area contributed by atoms with E-state index in [0.29, 0.717) is 5.06 Å². The van der Waals surface area contributed by atoms with E-state index in [1.165, 1.54) is 0 Å². The largest absolute Gasteiger partial charge is 0.449 e. The normalized spacial score (nSPS) is 15.3. The molecule has 1 heterocycles. The fraction of sp³-hybridized carbons (Fsp3) is 0.214. The number of carbonyl (C=O) groups excluding carboxylic acids is 4. The second-order valence-electron chi connectivity index (χ2n) is 8.70. The fourth-order valence-electron chi connectivity index (χ4n) is 4.64. The van der Waals surface area contributed by atoms with Crippen LogP contribution in [0.25, 0.3) is 11.1 Å². The fourth-order valence-corrected chi connectivity index (χ4v) is 4.64. The van der Waals surface area contributed by atoms with Crippen molar-refractivity contribution in [2.45, 2.75) is 31.2 Å². The summed E-state index contributed by atoms with van der Waals surface area (Å²) in [6.45, 7) is 0.0794. The van der Waals surface area contributed by atoms with Crippen LogP contribution in [-0.2, 0) is 30.4 Å². The second kappa shape index (κ2) is 10.0. The van der Waals surface area contributed by atoms with Gasteiger partial charge in [-0.25, -0.2) is 9.59 Å². The van der Waals surface area contributed by atoms with E-state index in [-0.39, 0.29) is 31.8 Å². The lowest BCUT2D eigenvalue weighted by atomic mass is 9.98. The van der Waals surface area contributed by atoms with Gasteiger partial charge < -0.3 is 14.9 Å². The minimum Gasteiger partial charge on any atom is -0.449 e. The van der Waals surface area contributed by atoms with Gasteiger partial charge >= 0.3 is 12.1 Å². The van der Waals surface area contributed by atoms with E-state index < -0.39 is 29.9 Å². The first-order chi connectivity index (χ1) is 17.5. The Morgan fingerprint density at radius 2 is 1.39 bits per heavy atom. The Kier molecular flexibility index (Phi) is 6.49. The number of nitrogens with zero attached hydrogens (tertiary/aromatic N) is 1. The Hall–Kier alpha value is -4.46. The Bertz CT molecular complexity index is 1260. The molecule has 0 spiro atoms. The van der Waals surface area contributed by atoms with Crippen molar-refractivity contribution in [2.24, 2.45) is 0 Å². The standard InChI is InChI=1S/C28H24N2O6/c31-25-14-15-26(32)30(25)36-27(33)24(16-18-8-2-1-3-9-18)29-28(34)35-17-23-21-12-6-4-10-19(21)20-11-5-7-13-22(20)23/h1-13,23-24H,14-17H2,(H,29,34)/t24-/m0/s1. The Morgan fingerprint density at radius 1 is 0.833 bits per heavy atom. The van der Waals surface area contributed by atoms with Crippen LogP contribution in [0.15, 0.2) is 78.9 Å². The molecule has 5 rings (SSSR count). The van der Waals surface area contributed by atoms with Crippen LogP contribution in [0.1, 0.15) is 35.4 Å². The molecule has 0 saturated carbocycles. The number of rotatable bonds is 7. The highest BCUT2D eigenvalue weighted by Crippen LogP contribution is 2.44. The number of hydroxylamine groups is 2.